The first-order valence-electron chi connectivity index (χ1n) is 4.81. The Bertz CT molecular complexity index is 642. The number of nitrogens with one attached hydrogen (secondary N) is 2. The van der Waals surface area contributed by atoms with Gasteiger partial charge in [0, 0.05) is 13.2 Å². The third-order valence-electron chi connectivity index (χ3n) is 1.95. The predicted molar refractivity (Wildman–Crippen MR) is 71.7 cm³/mol. The fourth-order valence-corrected chi connectivity index (χ4v) is 3.41. The van der Waals surface area contributed by atoms with Gasteiger partial charge in [-0.3, -0.25) is 4.72 Å². The highest BCUT2D eigenvalue weighted by Crippen LogP contribution is 2.32. The number of nitrogens with zero attached hydrogens (tertiary/aromatic N) is 2. The minimum absolute atomic E-state index is 0.0673. The summed E-state index contributed by atoms with van der Waals surface area (Å²) in [6, 6.07) is 4.63. The molecule has 2 rings (SSSR count). The van der Waals surface area contributed by atoms with E-state index in [0.29, 0.717) is 5.00 Å². The molecule has 0 saturated heterocycles. The number of sulfonamides is 1. The fourth-order valence-electron chi connectivity index (χ4n) is 1.17. The molecule has 0 amide bonds. The molecule has 0 fully saturated rings. The molecule has 0 spiro atoms. The molecule has 6 nitrogen and oxygen atoms in total. The second-order valence-electron chi connectivity index (χ2n) is 3.16. The summed E-state index contributed by atoms with van der Waals surface area (Å²) in [5.41, 5.74) is 0. The lowest BCUT2D eigenvalue weighted by atomic mass is 10.5. The van der Waals surface area contributed by atoms with Crippen LogP contribution < -0.4 is 10.0 Å². The lowest BCUT2D eigenvalue weighted by molar-refractivity contribution is 0.597. The summed E-state index contributed by atoms with van der Waals surface area (Å²) in [5.74, 6) is 0. The van der Waals surface area contributed by atoms with Crippen LogP contribution in [0.1, 0.15) is 0 Å². The number of anilines is 2. The van der Waals surface area contributed by atoms with Gasteiger partial charge in [-0.05, 0) is 12.1 Å². The maximum Gasteiger partial charge on any atom is 0.281 e. The molecular weight excluding hydrogens is 296 g/mol. The van der Waals surface area contributed by atoms with Gasteiger partial charge in [0.2, 0.25) is 0 Å². The van der Waals surface area contributed by atoms with Crippen LogP contribution in [0.2, 0.25) is 5.15 Å². The topological polar surface area (TPSA) is 84.0 Å². The SMILES string of the molecule is CNc1sc(NS(=O)(=O)c2ccccn2)nc1Cl. The molecule has 0 saturated carbocycles. The quantitative estimate of drug-likeness (QED) is 0.903. The highest BCUT2D eigenvalue weighted by atomic mass is 35.5. The number of thiazole rings is 1. The van der Waals surface area contributed by atoms with Gasteiger partial charge in [-0.1, -0.05) is 29.0 Å². The summed E-state index contributed by atoms with van der Waals surface area (Å²) < 4.78 is 26.2. The van der Waals surface area contributed by atoms with Crippen molar-refractivity contribution in [1.29, 1.82) is 0 Å². The second kappa shape index (κ2) is 5.09. The number of pyridine rings is 1. The Morgan fingerprint density at radius 2 is 2.17 bits per heavy atom. The number of aromatic nitrogens is 2. The molecule has 0 aromatic carbocycles. The summed E-state index contributed by atoms with van der Waals surface area (Å²) in [6.07, 6.45) is 1.41. The molecule has 0 aliphatic heterocycles. The third-order valence-corrected chi connectivity index (χ3v) is 4.70. The van der Waals surface area contributed by atoms with Crippen molar-refractivity contribution in [3.8, 4) is 0 Å². The minimum atomic E-state index is -3.72. The Balaban J connectivity index is 2.28. The standard InChI is InChI=1S/C9H9ClN4O2S2/c1-11-8-7(10)13-9(17-8)14-18(15,16)6-4-2-3-5-12-6/h2-5,11H,1H3,(H,13,14). The zero-order valence-electron chi connectivity index (χ0n) is 9.21. The third kappa shape index (κ3) is 2.71. The van der Waals surface area contributed by atoms with Gasteiger partial charge in [-0.25, -0.2) is 9.97 Å². The van der Waals surface area contributed by atoms with E-state index in [1.54, 1.807) is 19.2 Å². The van der Waals surface area contributed by atoms with Crippen molar-refractivity contribution in [2.24, 2.45) is 0 Å². The van der Waals surface area contributed by atoms with E-state index in [1.165, 1.54) is 12.3 Å². The van der Waals surface area contributed by atoms with E-state index in [-0.39, 0.29) is 15.3 Å². The van der Waals surface area contributed by atoms with E-state index >= 15 is 0 Å². The second-order valence-corrected chi connectivity index (χ2v) is 6.15. The average molecular weight is 305 g/mol. The lowest BCUT2D eigenvalue weighted by Crippen LogP contribution is -2.13. The van der Waals surface area contributed by atoms with Crippen molar-refractivity contribution in [3.63, 3.8) is 0 Å². The number of rotatable bonds is 4. The van der Waals surface area contributed by atoms with Gasteiger partial charge in [0.25, 0.3) is 10.0 Å². The highest BCUT2D eigenvalue weighted by molar-refractivity contribution is 7.92. The molecule has 0 aliphatic rings. The maximum atomic E-state index is 11.9. The van der Waals surface area contributed by atoms with Crippen LogP contribution in [0, 0.1) is 0 Å². The molecule has 2 heterocycles. The molecule has 2 N–H and O–H groups in total. The number of halogens is 1. The molecule has 0 aliphatic carbocycles. The Hall–Kier alpha value is -1.38. The van der Waals surface area contributed by atoms with Gasteiger partial charge in [-0.15, -0.1) is 0 Å². The maximum absolute atomic E-state index is 11.9. The molecule has 96 valence electrons. The van der Waals surface area contributed by atoms with Crippen molar-refractivity contribution in [3.05, 3.63) is 29.5 Å². The fraction of sp³-hybridized carbons (Fsp3) is 0.111. The molecule has 9 heteroatoms. The molecule has 18 heavy (non-hydrogen) atoms. The van der Waals surface area contributed by atoms with Gasteiger partial charge in [-0.2, -0.15) is 8.42 Å². The van der Waals surface area contributed by atoms with Crippen molar-refractivity contribution < 1.29 is 8.42 Å². The summed E-state index contributed by atoms with van der Waals surface area (Å²) in [5, 5.41) is 3.75. The van der Waals surface area contributed by atoms with Crippen LogP contribution >= 0.6 is 22.9 Å². The van der Waals surface area contributed by atoms with Gasteiger partial charge < -0.3 is 5.32 Å². The molecule has 2 aromatic heterocycles. The monoisotopic (exact) mass is 304 g/mol. The van der Waals surface area contributed by atoms with E-state index in [2.05, 4.69) is 20.0 Å². The van der Waals surface area contributed by atoms with Crippen molar-refractivity contribution in [2.45, 2.75) is 5.03 Å². The lowest BCUT2D eigenvalue weighted by Gasteiger charge is -2.02. The summed E-state index contributed by atoms with van der Waals surface area (Å²) in [6.45, 7) is 0. The smallest absolute Gasteiger partial charge is 0.281 e. The van der Waals surface area contributed by atoms with E-state index < -0.39 is 10.0 Å². The van der Waals surface area contributed by atoms with Crippen molar-refractivity contribution >= 4 is 43.1 Å². The van der Waals surface area contributed by atoms with Crippen LogP contribution in [0.4, 0.5) is 10.1 Å². The van der Waals surface area contributed by atoms with Crippen LogP contribution in [0.5, 0.6) is 0 Å². The van der Waals surface area contributed by atoms with Crippen LogP contribution in [0.25, 0.3) is 0 Å². The van der Waals surface area contributed by atoms with Gasteiger partial charge in [0.15, 0.2) is 15.3 Å². The Morgan fingerprint density at radius 1 is 1.39 bits per heavy atom. The first-order valence-corrected chi connectivity index (χ1v) is 7.48. The van der Waals surface area contributed by atoms with Crippen LogP contribution in [0.3, 0.4) is 0 Å². The molecule has 0 radical (unpaired) electrons. The largest absolute Gasteiger partial charge is 0.377 e. The summed E-state index contributed by atoms with van der Waals surface area (Å²) in [7, 11) is -2.05. The molecule has 0 bridgehead atoms. The van der Waals surface area contributed by atoms with E-state index in [4.69, 9.17) is 11.6 Å². The van der Waals surface area contributed by atoms with E-state index in [9.17, 15) is 8.42 Å². The molecule has 0 unspecified atom stereocenters. The number of hydrogen-bond acceptors (Lipinski definition) is 6. The molecular formula is C9H9ClN4O2S2. The number of hydrogen-bond donors (Lipinski definition) is 2. The minimum Gasteiger partial charge on any atom is -0.377 e. The Morgan fingerprint density at radius 3 is 2.72 bits per heavy atom. The van der Waals surface area contributed by atoms with Crippen LogP contribution in [0.15, 0.2) is 29.4 Å². The first kappa shape index (κ1) is 13.1. The summed E-state index contributed by atoms with van der Waals surface area (Å²) in [4.78, 5) is 7.67. The zero-order chi connectivity index (χ0) is 13.2. The summed E-state index contributed by atoms with van der Waals surface area (Å²) >= 11 is 6.92. The van der Waals surface area contributed by atoms with E-state index in [1.807, 2.05) is 0 Å². The van der Waals surface area contributed by atoms with Crippen molar-refractivity contribution in [1.82, 2.24) is 9.97 Å². The van der Waals surface area contributed by atoms with Gasteiger partial charge in [0.05, 0.1) is 0 Å². The van der Waals surface area contributed by atoms with Crippen LogP contribution in [-0.2, 0) is 10.0 Å². The van der Waals surface area contributed by atoms with Gasteiger partial charge in [0.1, 0.15) is 5.00 Å². The normalized spacial score (nSPS) is 11.2. The Kier molecular flexibility index (Phi) is 3.69. The Labute approximate surface area is 113 Å². The predicted octanol–water partition coefficient (Wildman–Crippen LogP) is 2.03. The van der Waals surface area contributed by atoms with Crippen molar-refractivity contribution in [2.75, 3.05) is 17.1 Å². The average Bonchev–Trinajstić information content (AvgIpc) is 2.70. The van der Waals surface area contributed by atoms with Crippen LogP contribution in [-0.4, -0.2) is 25.4 Å². The molecule has 2 aromatic rings. The van der Waals surface area contributed by atoms with E-state index in [0.717, 1.165) is 11.3 Å². The highest BCUT2D eigenvalue weighted by Gasteiger charge is 2.18. The first-order chi connectivity index (χ1) is 8.53. The van der Waals surface area contributed by atoms with Gasteiger partial charge >= 0.3 is 0 Å². The molecule has 0 atom stereocenters. The zero-order valence-corrected chi connectivity index (χ0v) is 11.6.